The highest BCUT2D eigenvalue weighted by Crippen LogP contribution is 2.08. The van der Waals surface area contributed by atoms with Gasteiger partial charge in [0.1, 0.15) is 5.82 Å². The maximum absolute atomic E-state index is 11.8. The molecule has 0 aliphatic rings. The van der Waals surface area contributed by atoms with Crippen LogP contribution in [0, 0.1) is 0 Å². The Labute approximate surface area is 109 Å². The molecule has 19 heavy (non-hydrogen) atoms. The number of nitrogen functional groups attached to an aromatic ring is 1. The van der Waals surface area contributed by atoms with Crippen LogP contribution in [0.5, 0.6) is 5.88 Å². The fraction of sp³-hybridized carbons (Fsp3) is 0.273. The summed E-state index contributed by atoms with van der Waals surface area (Å²) in [4.78, 5) is 19.7. The van der Waals surface area contributed by atoms with Crippen molar-refractivity contribution in [2.24, 2.45) is 0 Å². The van der Waals surface area contributed by atoms with Crippen LogP contribution in [0.15, 0.2) is 18.3 Å². The Morgan fingerprint density at radius 1 is 1.58 bits per heavy atom. The second kappa shape index (κ2) is 5.80. The third-order valence-electron chi connectivity index (χ3n) is 2.40. The van der Waals surface area contributed by atoms with E-state index in [9.17, 15) is 4.79 Å². The lowest BCUT2D eigenvalue weighted by Crippen LogP contribution is -2.26. The Balaban J connectivity index is 1.87. The Kier molecular flexibility index (Phi) is 3.91. The van der Waals surface area contributed by atoms with Gasteiger partial charge in [0.15, 0.2) is 0 Å². The van der Waals surface area contributed by atoms with Crippen LogP contribution in [0.25, 0.3) is 0 Å². The van der Waals surface area contributed by atoms with Crippen LogP contribution in [0.2, 0.25) is 0 Å². The highest BCUT2D eigenvalue weighted by molar-refractivity contribution is 5.94. The number of nitrogens with one attached hydrogen (secondary N) is 2. The Hall–Kier alpha value is -2.64. The third kappa shape index (κ3) is 3.41. The molecule has 0 aliphatic carbocycles. The first-order valence-corrected chi connectivity index (χ1v) is 5.64. The van der Waals surface area contributed by atoms with Crippen LogP contribution in [0.1, 0.15) is 16.2 Å². The number of hydrogen-bond donors (Lipinski definition) is 3. The summed E-state index contributed by atoms with van der Waals surface area (Å²) in [6, 6.07) is 3.19. The molecule has 0 saturated heterocycles. The molecule has 8 heteroatoms. The van der Waals surface area contributed by atoms with E-state index in [0.717, 1.165) is 0 Å². The number of carbonyl (C=O) groups excluding carboxylic acids is 1. The van der Waals surface area contributed by atoms with E-state index in [1.165, 1.54) is 13.3 Å². The smallest absolute Gasteiger partial charge is 0.251 e. The first-order valence-electron chi connectivity index (χ1n) is 5.64. The number of amides is 1. The highest BCUT2D eigenvalue weighted by atomic mass is 16.5. The zero-order chi connectivity index (χ0) is 13.7. The fourth-order valence-corrected chi connectivity index (χ4v) is 1.48. The van der Waals surface area contributed by atoms with Gasteiger partial charge in [-0.15, -0.1) is 5.10 Å². The van der Waals surface area contributed by atoms with Crippen molar-refractivity contribution in [3.05, 3.63) is 29.7 Å². The van der Waals surface area contributed by atoms with Crippen molar-refractivity contribution >= 4 is 11.9 Å². The quantitative estimate of drug-likeness (QED) is 0.684. The van der Waals surface area contributed by atoms with Gasteiger partial charge >= 0.3 is 0 Å². The van der Waals surface area contributed by atoms with E-state index in [-0.39, 0.29) is 11.9 Å². The Morgan fingerprint density at radius 3 is 3.11 bits per heavy atom. The lowest BCUT2D eigenvalue weighted by molar-refractivity contribution is 0.0953. The molecular weight excluding hydrogens is 248 g/mol. The molecule has 0 aromatic carbocycles. The van der Waals surface area contributed by atoms with Crippen LogP contribution in [-0.2, 0) is 6.42 Å². The molecular formula is C11H14N6O2. The summed E-state index contributed by atoms with van der Waals surface area (Å²) >= 11 is 0. The van der Waals surface area contributed by atoms with Crippen molar-refractivity contribution < 1.29 is 9.53 Å². The predicted molar refractivity (Wildman–Crippen MR) is 67.6 cm³/mol. The number of pyridine rings is 1. The van der Waals surface area contributed by atoms with Crippen LogP contribution in [0.3, 0.4) is 0 Å². The number of anilines is 1. The van der Waals surface area contributed by atoms with Gasteiger partial charge < -0.3 is 15.8 Å². The molecule has 0 saturated carbocycles. The zero-order valence-corrected chi connectivity index (χ0v) is 10.4. The SMILES string of the molecule is COc1cc(C(=O)NCCc2nc(N)n[nH]2)ccn1. The molecule has 0 unspecified atom stereocenters. The van der Waals surface area contributed by atoms with Crippen molar-refractivity contribution in [2.45, 2.75) is 6.42 Å². The van der Waals surface area contributed by atoms with Crippen molar-refractivity contribution in [3.8, 4) is 5.88 Å². The second-order valence-corrected chi connectivity index (χ2v) is 3.73. The highest BCUT2D eigenvalue weighted by Gasteiger charge is 2.07. The minimum Gasteiger partial charge on any atom is -0.481 e. The number of methoxy groups -OCH3 is 1. The number of ether oxygens (including phenoxy) is 1. The summed E-state index contributed by atoms with van der Waals surface area (Å²) in [7, 11) is 1.50. The van der Waals surface area contributed by atoms with E-state index in [2.05, 4.69) is 25.5 Å². The number of nitrogens with zero attached hydrogens (tertiary/aromatic N) is 3. The van der Waals surface area contributed by atoms with Crippen LogP contribution < -0.4 is 15.8 Å². The minimum atomic E-state index is -0.201. The summed E-state index contributed by atoms with van der Waals surface area (Å²) in [6.07, 6.45) is 2.04. The van der Waals surface area contributed by atoms with Crippen molar-refractivity contribution in [3.63, 3.8) is 0 Å². The standard InChI is InChI=1S/C11H14N6O2/c1-19-9-6-7(2-4-13-9)10(18)14-5-3-8-15-11(12)17-16-8/h2,4,6H,3,5H2,1H3,(H,14,18)(H3,12,15,16,17). The number of nitrogens with two attached hydrogens (primary N) is 1. The normalized spacial score (nSPS) is 10.2. The summed E-state index contributed by atoms with van der Waals surface area (Å²) < 4.78 is 4.95. The topological polar surface area (TPSA) is 119 Å². The predicted octanol–water partition coefficient (Wildman–Crippen LogP) is -0.237. The molecule has 100 valence electrons. The lowest BCUT2D eigenvalue weighted by Gasteiger charge is -2.05. The number of H-pyrrole nitrogens is 1. The van der Waals surface area contributed by atoms with Gasteiger partial charge in [-0.2, -0.15) is 4.98 Å². The van der Waals surface area contributed by atoms with E-state index in [1.807, 2.05) is 0 Å². The van der Waals surface area contributed by atoms with Crippen molar-refractivity contribution in [2.75, 3.05) is 19.4 Å². The van der Waals surface area contributed by atoms with Gasteiger partial charge in [0.2, 0.25) is 11.8 Å². The Morgan fingerprint density at radius 2 is 2.42 bits per heavy atom. The van der Waals surface area contributed by atoms with Crippen LogP contribution in [0.4, 0.5) is 5.95 Å². The molecule has 2 heterocycles. The molecule has 0 bridgehead atoms. The molecule has 0 aliphatic heterocycles. The largest absolute Gasteiger partial charge is 0.481 e. The van der Waals surface area contributed by atoms with Crippen LogP contribution in [-0.4, -0.2) is 39.7 Å². The lowest BCUT2D eigenvalue weighted by atomic mass is 10.2. The summed E-state index contributed by atoms with van der Waals surface area (Å²) in [6.45, 7) is 0.429. The number of aromatic amines is 1. The van der Waals surface area contributed by atoms with Crippen LogP contribution >= 0.6 is 0 Å². The maximum Gasteiger partial charge on any atom is 0.251 e. The van der Waals surface area contributed by atoms with E-state index in [4.69, 9.17) is 10.5 Å². The molecule has 2 aromatic rings. The monoisotopic (exact) mass is 262 g/mol. The van der Waals surface area contributed by atoms with Gasteiger partial charge in [0.05, 0.1) is 7.11 Å². The van der Waals surface area contributed by atoms with Gasteiger partial charge in [0.25, 0.3) is 5.91 Å². The zero-order valence-electron chi connectivity index (χ0n) is 10.4. The van der Waals surface area contributed by atoms with E-state index < -0.39 is 0 Å². The van der Waals surface area contributed by atoms with Crippen molar-refractivity contribution in [1.82, 2.24) is 25.5 Å². The average molecular weight is 262 g/mol. The van der Waals surface area contributed by atoms with Gasteiger partial charge in [-0.05, 0) is 6.07 Å². The average Bonchev–Trinajstić information content (AvgIpc) is 2.84. The minimum absolute atomic E-state index is 0.195. The summed E-state index contributed by atoms with van der Waals surface area (Å²) in [5.41, 5.74) is 5.86. The number of hydrogen-bond acceptors (Lipinski definition) is 6. The number of carbonyl (C=O) groups is 1. The number of rotatable bonds is 5. The molecule has 1 amide bonds. The first-order chi connectivity index (χ1) is 9.19. The second-order valence-electron chi connectivity index (χ2n) is 3.73. The molecule has 2 aromatic heterocycles. The molecule has 0 atom stereocenters. The van der Waals surface area contributed by atoms with Crippen molar-refractivity contribution in [1.29, 1.82) is 0 Å². The number of aromatic nitrogens is 4. The molecule has 0 spiro atoms. The molecule has 4 N–H and O–H groups in total. The summed E-state index contributed by atoms with van der Waals surface area (Å²) in [5, 5.41) is 9.13. The molecule has 0 radical (unpaired) electrons. The Bertz CT molecular complexity index is 568. The molecule has 0 fully saturated rings. The summed E-state index contributed by atoms with van der Waals surface area (Å²) in [5.74, 6) is 1.02. The van der Waals surface area contributed by atoms with E-state index >= 15 is 0 Å². The molecule has 8 nitrogen and oxygen atoms in total. The first kappa shape index (κ1) is 12.8. The van der Waals surface area contributed by atoms with Gasteiger partial charge in [-0.1, -0.05) is 0 Å². The van der Waals surface area contributed by atoms with Gasteiger partial charge in [0, 0.05) is 30.8 Å². The van der Waals surface area contributed by atoms with Gasteiger partial charge in [-0.25, -0.2) is 4.98 Å². The third-order valence-corrected chi connectivity index (χ3v) is 2.40. The maximum atomic E-state index is 11.8. The molecule has 2 rings (SSSR count). The fourth-order valence-electron chi connectivity index (χ4n) is 1.48. The van der Waals surface area contributed by atoms with Gasteiger partial charge in [-0.3, -0.25) is 9.89 Å². The van der Waals surface area contributed by atoms with E-state index in [1.54, 1.807) is 12.1 Å². The van der Waals surface area contributed by atoms with E-state index in [0.29, 0.717) is 30.2 Å².